The largest absolute Gasteiger partial charge is 0.423 e. The molecule has 2 atom stereocenters. The molecule has 0 radical (unpaired) electrons. The van der Waals surface area contributed by atoms with Crippen molar-refractivity contribution in [2.75, 3.05) is 29.9 Å². The van der Waals surface area contributed by atoms with Gasteiger partial charge in [0.25, 0.3) is 11.4 Å². The molecule has 0 aliphatic carbocycles. The first-order valence-electron chi connectivity index (χ1n) is 10.2. The SMILES string of the molecule is CC(COCc1nc(C2CCN(c3ncc(C=O)s3)C2)no1)Nc1cn[nH]c(=O)c1C(F)(F)F. The number of rotatable bonds is 9. The van der Waals surface area contributed by atoms with Crippen LogP contribution in [0.3, 0.4) is 0 Å². The van der Waals surface area contributed by atoms with Gasteiger partial charge in [-0.15, -0.1) is 0 Å². The van der Waals surface area contributed by atoms with Gasteiger partial charge in [-0.25, -0.2) is 10.1 Å². The van der Waals surface area contributed by atoms with Gasteiger partial charge < -0.3 is 19.5 Å². The Morgan fingerprint density at radius 1 is 1.44 bits per heavy atom. The van der Waals surface area contributed by atoms with Crippen LogP contribution in [0.25, 0.3) is 0 Å². The number of nitrogens with one attached hydrogen (secondary N) is 2. The molecule has 4 heterocycles. The van der Waals surface area contributed by atoms with Crippen molar-refractivity contribution in [3.05, 3.63) is 44.9 Å². The van der Waals surface area contributed by atoms with E-state index in [2.05, 4.69) is 30.4 Å². The van der Waals surface area contributed by atoms with E-state index in [1.165, 1.54) is 17.5 Å². The lowest BCUT2D eigenvalue weighted by molar-refractivity contribution is -0.138. The summed E-state index contributed by atoms with van der Waals surface area (Å²) in [6, 6.07) is -0.565. The number of alkyl halides is 3. The monoisotopic (exact) mass is 499 g/mol. The first-order chi connectivity index (χ1) is 16.2. The molecule has 1 aliphatic heterocycles. The van der Waals surface area contributed by atoms with Crippen molar-refractivity contribution >= 4 is 28.4 Å². The predicted molar refractivity (Wildman–Crippen MR) is 114 cm³/mol. The number of aromatic amines is 1. The van der Waals surface area contributed by atoms with E-state index in [1.54, 1.807) is 12.0 Å². The summed E-state index contributed by atoms with van der Waals surface area (Å²) in [5.74, 6) is 0.807. The molecule has 15 heteroatoms. The highest BCUT2D eigenvalue weighted by Gasteiger charge is 2.37. The third-order valence-corrected chi connectivity index (χ3v) is 6.05. The maximum Gasteiger partial charge on any atom is 0.423 e. The molecular formula is C19H20F3N7O4S. The number of anilines is 2. The summed E-state index contributed by atoms with van der Waals surface area (Å²) >= 11 is 1.32. The van der Waals surface area contributed by atoms with E-state index >= 15 is 0 Å². The summed E-state index contributed by atoms with van der Waals surface area (Å²) in [5.41, 5.74) is -3.10. The number of aromatic nitrogens is 5. The number of aldehydes is 1. The zero-order chi connectivity index (χ0) is 24.3. The van der Waals surface area contributed by atoms with Crippen molar-refractivity contribution in [1.82, 2.24) is 25.3 Å². The fourth-order valence-electron chi connectivity index (χ4n) is 3.53. The van der Waals surface area contributed by atoms with E-state index in [1.807, 2.05) is 0 Å². The van der Waals surface area contributed by atoms with Gasteiger partial charge in [0.15, 0.2) is 17.2 Å². The van der Waals surface area contributed by atoms with Crippen LogP contribution in [0, 0.1) is 0 Å². The Labute approximate surface area is 194 Å². The molecule has 11 nitrogen and oxygen atoms in total. The molecule has 34 heavy (non-hydrogen) atoms. The van der Waals surface area contributed by atoms with Crippen molar-refractivity contribution in [2.45, 2.75) is 38.1 Å². The highest BCUT2D eigenvalue weighted by Crippen LogP contribution is 2.32. The molecular weight excluding hydrogens is 479 g/mol. The van der Waals surface area contributed by atoms with Crippen LogP contribution in [0.1, 0.15) is 46.2 Å². The van der Waals surface area contributed by atoms with Crippen LogP contribution in [-0.4, -0.2) is 57.3 Å². The van der Waals surface area contributed by atoms with Crippen LogP contribution in [0.15, 0.2) is 21.7 Å². The van der Waals surface area contributed by atoms with Crippen molar-refractivity contribution in [1.29, 1.82) is 0 Å². The number of hydrogen-bond acceptors (Lipinski definition) is 11. The molecule has 0 bridgehead atoms. The normalized spacial score (nSPS) is 17.2. The van der Waals surface area contributed by atoms with E-state index in [9.17, 15) is 22.8 Å². The number of carbonyl (C=O) groups is 1. The molecule has 1 fully saturated rings. The van der Waals surface area contributed by atoms with E-state index in [0.29, 0.717) is 17.2 Å². The van der Waals surface area contributed by atoms with Gasteiger partial charge in [0, 0.05) is 25.0 Å². The minimum absolute atomic E-state index is 0.0160. The fourth-order valence-corrected chi connectivity index (χ4v) is 4.30. The molecule has 3 aromatic rings. The van der Waals surface area contributed by atoms with E-state index in [-0.39, 0.29) is 25.0 Å². The van der Waals surface area contributed by atoms with E-state index in [4.69, 9.17) is 9.26 Å². The smallest absolute Gasteiger partial charge is 0.378 e. The Hall–Kier alpha value is -3.33. The zero-order valence-electron chi connectivity index (χ0n) is 17.8. The number of nitrogens with zero attached hydrogens (tertiary/aromatic N) is 5. The van der Waals surface area contributed by atoms with Crippen LogP contribution in [-0.2, 0) is 17.5 Å². The average Bonchev–Trinajstić information content (AvgIpc) is 3.52. The lowest BCUT2D eigenvalue weighted by Gasteiger charge is -2.17. The molecule has 0 amide bonds. The Balaban J connectivity index is 1.28. The van der Waals surface area contributed by atoms with Crippen LogP contribution in [0.5, 0.6) is 0 Å². The molecule has 2 unspecified atom stereocenters. The number of carbonyl (C=O) groups excluding carboxylic acids is 1. The molecule has 0 spiro atoms. The number of ether oxygens (including phenoxy) is 1. The second-order valence-electron chi connectivity index (χ2n) is 7.69. The molecule has 3 aromatic heterocycles. The summed E-state index contributed by atoms with van der Waals surface area (Å²) in [7, 11) is 0. The summed E-state index contributed by atoms with van der Waals surface area (Å²) in [6.07, 6.45) is -0.825. The van der Waals surface area contributed by atoms with Crippen molar-refractivity contribution in [3.63, 3.8) is 0 Å². The minimum atomic E-state index is -4.83. The Morgan fingerprint density at radius 2 is 2.26 bits per heavy atom. The Bertz CT molecular complexity index is 1200. The summed E-state index contributed by atoms with van der Waals surface area (Å²) in [4.78, 5) is 33.6. The van der Waals surface area contributed by atoms with Crippen molar-refractivity contribution in [3.8, 4) is 0 Å². The van der Waals surface area contributed by atoms with E-state index in [0.717, 1.165) is 30.6 Å². The van der Waals surface area contributed by atoms with Gasteiger partial charge in [0.2, 0.25) is 0 Å². The van der Waals surface area contributed by atoms with Gasteiger partial charge in [0.05, 0.1) is 29.6 Å². The fraction of sp³-hybridized carbons (Fsp3) is 0.474. The van der Waals surface area contributed by atoms with Gasteiger partial charge in [-0.1, -0.05) is 16.5 Å². The maximum atomic E-state index is 13.1. The quantitative estimate of drug-likeness (QED) is 0.422. The number of thiazole rings is 1. The highest BCUT2D eigenvalue weighted by molar-refractivity contribution is 7.17. The van der Waals surface area contributed by atoms with Gasteiger partial charge in [-0.2, -0.15) is 23.3 Å². The van der Waals surface area contributed by atoms with Crippen LogP contribution in [0.4, 0.5) is 24.0 Å². The van der Waals surface area contributed by atoms with Crippen LogP contribution in [0.2, 0.25) is 0 Å². The van der Waals surface area contributed by atoms with E-state index < -0.39 is 29.0 Å². The highest BCUT2D eigenvalue weighted by atomic mass is 32.1. The second kappa shape index (κ2) is 9.89. The molecule has 0 saturated carbocycles. The van der Waals surface area contributed by atoms with Gasteiger partial charge >= 0.3 is 6.18 Å². The van der Waals surface area contributed by atoms with Gasteiger partial charge in [0.1, 0.15) is 12.2 Å². The average molecular weight is 499 g/mol. The maximum absolute atomic E-state index is 13.1. The summed E-state index contributed by atoms with van der Waals surface area (Å²) in [6.45, 7) is 2.98. The van der Waals surface area contributed by atoms with Crippen molar-refractivity contribution in [2.24, 2.45) is 0 Å². The first-order valence-corrected chi connectivity index (χ1v) is 11.0. The topological polar surface area (TPSA) is 139 Å². The molecule has 0 aromatic carbocycles. The molecule has 1 aliphatic rings. The summed E-state index contributed by atoms with van der Waals surface area (Å²) < 4.78 is 50.1. The second-order valence-corrected chi connectivity index (χ2v) is 8.73. The molecule has 1 saturated heterocycles. The first kappa shape index (κ1) is 23.8. The third kappa shape index (κ3) is 5.41. The molecule has 4 rings (SSSR count). The standard InChI is InChI=1S/C19H20F3N7O4S/c1-10(25-13-5-24-27-17(31)15(13)19(20,21)22)8-32-9-14-26-16(28-33-14)11-2-3-29(6-11)18-23-4-12(7-30)34-18/h4-5,7,10-11H,2-3,6,8-9H2,1H3,(H2,25,27,31). The van der Waals surface area contributed by atoms with Crippen LogP contribution >= 0.6 is 11.3 Å². The van der Waals surface area contributed by atoms with Gasteiger partial charge in [-0.3, -0.25) is 9.59 Å². The Kier molecular flexibility index (Phi) is 6.92. The lowest BCUT2D eigenvalue weighted by atomic mass is 10.1. The van der Waals surface area contributed by atoms with Gasteiger partial charge in [-0.05, 0) is 13.3 Å². The molecule has 2 N–H and O–H groups in total. The number of halogens is 3. The third-order valence-electron chi connectivity index (χ3n) is 5.07. The Morgan fingerprint density at radius 3 is 3.00 bits per heavy atom. The number of hydrogen-bond donors (Lipinski definition) is 2. The summed E-state index contributed by atoms with van der Waals surface area (Å²) in [5, 5.41) is 12.6. The minimum Gasteiger partial charge on any atom is -0.378 e. The number of H-pyrrole nitrogens is 1. The van der Waals surface area contributed by atoms with Crippen LogP contribution < -0.4 is 15.8 Å². The zero-order valence-corrected chi connectivity index (χ0v) is 18.6. The molecule has 182 valence electrons. The predicted octanol–water partition coefficient (Wildman–Crippen LogP) is 2.45. The lowest BCUT2D eigenvalue weighted by Crippen LogP contribution is -2.29. The van der Waals surface area contributed by atoms with Crippen molar-refractivity contribution < 1.29 is 27.2 Å².